The van der Waals surface area contributed by atoms with Gasteiger partial charge in [0.1, 0.15) is 0 Å². The van der Waals surface area contributed by atoms with E-state index in [9.17, 15) is 16.8 Å². The average molecular weight is 417 g/mol. The Morgan fingerprint density at radius 2 is 0.893 bits per heavy atom. The Hall–Kier alpha value is -2.84. The van der Waals surface area contributed by atoms with Crippen LogP contribution >= 0.6 is 0 Å². The normalized spacial score (nSPS) is 11.8. The molecule has 6 nitrogen and oxygen atoms in total. The van der Waals surface area contributed by atoms with Crippen molar-refractivity contribution < 1.29 is 16.8 Å². The van der Waals surface area contributed by atoms with E-state index in [1.165, 1.54) is 36.4 Å². The highest BCUT2D eigenvalue weighted by molar-refractivity contribution is 8.10. The van der Waals surface area contributed by atoms with E-state index < -0.39 is 20.0 Å². The first-order valence-electron chi connectivity index (χ1n) is 8.42. The Labute approximate surface area is 165 Å². The van der Waals surface area contributed by atoms with Crippen LogP contribution in [0, 0.1) is 0 Å². The minimum atomic E-state index is -4.36. The van der Waals surface area contributed by atoms with Gasteiger partial charge >= 0.3 is 0 Å². The zero-order valence-electron chi connectivity index (χ0n) is 15.4. The standard InChI is InChI=1S/C20H20N2O4S2/c1-21(2)17-13-15-18(16-14-17)22(27(23,24)19-9-5-3-6-10-19)28(25,26)20-11-7-4-8-12-20/h3-16H,1-2H3. The Morgan fingerprint density at radius 1 is 0.536 bits per heavy atom. The first kappa shape index (κ1) is 19.9. The van der Waals surface area contributed by atoms with E-state index in [2.05, 4.69) is 0 Å². The topological polar surface area (TPSA) is 74.8 Å². The molecule has 0 aromatic heterocycles. The summed E-state index contributed by atoms with van der Waals surface area (Å²) >= 11 is 0. The number of benzene rings is 3. The van der Waals surface area contributed by atoms with Crippen LogP contribution in [0.25, 0.3) is 0 Å². The molecule has 0 aliphatic rings. The lowest BCUT2D eigenvalue weighted by atomic mass is 10.3. The summed E-state index contributed by atoms with van der Waals surface area (Å²) in [7, 11) is -5.04. The number of hydrogen-bond donors (Lipinski definition) is 0. The highest BCUT2D eigenvalue weighted by atomic mass is 32.3. The minimum absolute atomic E-state index is 0.0401. The first-order chi connectivity index (χ1) is 13.2. The summed E-state index contributed by atoms with van der Waals surface area (Å²) in [5.74, 6) is 0. The third kappa shape index (κ3) is 3.74. The van der Waals surface area contributed by atoms with Crippen LogP contribution in [0.15, 0.2) is 94.7 Å². The van der Waals surface area contributed by atoms with E-state index in [0.717, 1.165) is 5.69 Å². The molecule has 0 radical (unpaired) electrons. The maximum atomic E-state index is 13.3. The first-order valence-corrected chi connectivity index (χ1v) is 11.3. The molecule has 0 heterocycles. The lowest BCUT2D eigenvalue weighted by Crippen LogP contribution is -2.37. The molecule has 0 amide bonds. The molecule has 0 N–H and O–H groups in total. The summed E-state index contributed by atoms with van der Waals surface area (Å²) < 4.78 is 53.7. The van der Waals surface area contributed by atoms with E-state index in [-0.39, 0.29) is 15.5 Å². The van der Waals surface area contributed by atoms with Gasteiger partial charge in [-0.2, -0.15) is 3.71 Å². The van der Waals surface area contributed by atoms with Gasteiger partial charge in [-0.25, -0.2) is 16.8 Å². The van der Waals surface area contributed by atoms with Crippen molar-refractivity contribution in [3.05, 3.63) is 84.9 Å². The minimum Gasteiger partial charge on any atom is -0.378 e. The fourth-order valence-corrected chi connectivity index (χ4v) is 6.39. The van der Waals surface area contributed by atoms with E-state index in [1.54, 1.807) is 48.5 Å². The Bertz CT molecular complexity index is 1070. The molecule has 0 spiro atoms. The molecular formula is C20H20N2O4S2. The van der Waals surface area contributed by atoms with Crippen molar-refractivity contribution in [2.45, 2.75) is 9.79 Å². The second-order valence-corrected chi connectivity index (χ2v) is 10.0. The monoisotopic (exact) mass is 416 g/mol. The molecule has 0 saturated heterocycles. The highest BCUT2D eigenvalue weighted by Crippen LogP contribution is 2.31. The van der Waals surface area contributed by atoms with Crippen molar-refractivity contribution >= 4 is 31.4 Å². The summed E-state index contributed by atoms with van der Waals surface area (Å²) in [6, 6.07) is 21.3. The predicted octanol–water partition coefficient (Wildman–Crippen LogP) is 3.34. The number of hydrogen-bond acceptors (Lipinski definition) is 5. The zero-order chi connectivity index (χ0) is 20.4. The molecule has 3 rings (SSSR count). The second-order valence-electron chi connectivity index (χ2n) is 6.24. The molecule has 0 saturated carbocycles. The molecule has 8 heteroatoms. The van der Waals surface area contributed by atoms with Gasteiger partial charge in [-0.1, -0.05) is 36.4 Å². The van der Waals surface area contributed by atoms with Gasteiger partial charge < -0.3 is 4.90 Å². The number of sulfonamides is 2. The maximum absolute atomic E-state index is 13.3. The molecular weight excluding hydrogens is 396 g/mol. The summed E-state index contributed by atoms with van der Waals surface area (Å²) in [5, 5.41) is 0. The molecule has 0 atom stereocenters. The number of anilines is 2. The fraction of sp³-hybridized carbons (Fsp3) is 0.100. The van der Waals surface area contributed by atoms with Crippen LogP contribution in [-0.2, 0) is 20.0 Å². The lowest BCUT2D eigenvalue weighted by Gasteiger charge is -2.24. The predicted molar refractivity (Wildman–Crippen MR) is 111 cm³/mol. The van der Waals surface area contributed by atoms with E-state index in [1.807, 2.05) is 19.0 Å². The fourth-order valence-electron chi connectivity index (χ4n) is 2.66. The van der Waals surface area contributed by atoms with Crippen LogP contribution in [-0.4, -0.2) is 30.9 Å². The van der Waals surface area contributed by atoms with Crippen molar-refractivity contribution in [2.75, 3.05) is 22.7 Å². The number of nitrogens with zero attached hydrogens (tertiary/aromatic N) is 2. The summed E-state index contributed by atoms with van der Waals surface area (Å²) in [6.07, 6.45) is 0. The van der Waals surface area contributed by atoms with Crippen LogP contribution in [0.2, 0.25) is 0 Å². The Kier molecular flexibility index (Phi) is 5.44. The molecule has 146 valence electrons. The number of rotatable bonds is 6. The highest BCUT2D eigenvalue weighted by Gasteiger charge is 2.36. The van der Waals surface area contributed by atoms with Crippen LogP contribution in [0.1, 0.15) is 0 Å². The van der Waals surface area contributed by atoms with Crippen LogP contribution < -0.4 is 8.61 Å². The van der Waals surface area contributed by atoms with Crippen LogP contribution in [0.5, 0.6) is 0 Å². The largest absolute Gasteiger partial charge is 0.378 e. The van der Waals surface area contributed by atoms with Gasteiger partial charge in [0.25, 0.3) is 20.0 Å². The van der Waals surface area contributed by atoms with E-state index in [4.69, 9.17) is 0 Å². The smallest absolute Gasteiger partial charge is 0.277 e. The molecule has 0 aliphatic carbocycles. The average Bonchev–Trinajstić information content (AvgIpc) is 2.69. The third-order valence-electron chi connectivity index (χ3n) is 4.10. The van der Waals surface area contributed by atoms with Crippen LogP contribution in [0.3, 0.4) is 0 Å². The Morgan fingerprint density at radius 3 is 1.25 bits per heavy atom. The van der Waals surface area contributed by atoms with Crippen molar-refractivity contribution in [3.8, 4) is 0 Å². The van der Waals surface area contributed by atoms with Crippen molar-refractivity contribution in [3.63, 3.8) is 0 Å². The maximum Gasteiger partial charge on any atom is 0.277 e. The zero-order valence-corrected chi connectivity index (χ0v) is 17.1. The summed E-state index contributed by atoms with van der Waals surface area (Å²) in [6.45, 7) is 0. The van der Waals surface area contributed by atoms with Crippen molar-refractivity contribution in [1.82, 2.24) is 0 Å². The SMILES string of the molecule is CN(C)c1ccc(N(S(=O)(=O)c2ccccc2)S(=O)(=O)c2ccccc2)cc1. The molecule has 0 aliphatic heterocycles. The lowest BCUT2D eigenvalue weighted by molar-refractivity contribution is 0.584. The molecule has 0 bridgehead atoms. The van der Waals surface area contributed by atoms with Gasteiger partial charge in [-0.15, -0.1) is 0 Å². The van der Waals surface area contributed by atoms with Gasteiger partial charge in [0.2, 0.25) is 0 Å². The van der Waals surface area contributed by atoms with Gasteiger partial charge in [0, 0.05) is 19.8 Å². The summed E-state index contributed by atoms with van der Waals surface area (Å²) in [5.41, 5.74) is 0.858. The van der Waals surface area contributed by atoms with E-state index in [0.29, 0.717) is 3.71 Å². The molecule has 28 heavy (non-hydrogen) atoms. The van der Waals surface area contributed by atoms with Crippen molar-refractivity contribution in [1.29, 1.82) is 0 Å². The molecule has 0 fully saturated rings. The van der Waals surface area contributed by atoms with Crippen LogP contribution in [0.4, 0.5) is 11.4 Å². The van der Waals surface area contributed by atoms with Crippen molar-refractivity contribution in [2.24, 2.45) is 0 Å². The molecule has 3 aromatic carbocycles. The van der Waals surface area contributed by atoms with Gasteiger partial charge in [0.05, 0.1) is 15.5 Å². The quantitative estimate of drug-likeness (QED) is 0.616. The Balaban J connectivity index is 2.23. The van der Waals surface area contributed by atoms with Gasteiger partial charge in [0.15, 0.2) is 0 Å². The third-order valence-corrected chi connectivity index (χ3v) is 8.30. The summed E-state index contributed by atoms with van der Waals surface area (Å²) in [4.78, 5) is 1.63. The van der Waals surface area contributed by atoms with Gasteiger partial charge in [-0.3, -0.25) is 0 Å². The molecule has 0 unspecified atom stereocenters. The van der Waals surface area contributed by atoms with E-state index >= 15 is 0 Å². The van der Waals surface area contributed by atoms with Gasteiger partial charge in [-0.05, 0) is 48.5 Å². The second kappa shape index (κ2) is 7.65. The molecule has 3 aromatic rings.